The van der Waals surface area contributed by atoms with Gasteiger partial charge in [0.2, 0.25) is 0 Å². The topological polar surface area (TPSA) is 60.9 Å². The SMILES string of the molecule is CN(C)CCN(CC(=O)O)C(=O)c1cc(F)ccc1F. The number of carboxylic acid groups (broad SMARTS) is 1. The summed E-state index contributed by atoms with van der Waals surface area (Å²) in [5, 5.41) is 8.79. The van der Waals surface area contributed by atoms with Crippen LogP contribution in [0.25, 0.3) is 0 Å². The Balaban J connectivity index is 2.96. The number of carbonyl (C=O) groups excluding carboxylic acids is 1. The monoisotopic (exact) mass is 286 g/mol. The summed E-state index contributed by atoms with van der Waals surface area (Å²) in [6.07, 6.45) is 0. The lowest BCUT2D eigenvalue weighted by Crippen LogP contribution is -2.40. The molecule has 0 saturated carbocycles. The van der Waals surface area contributed by atoms with Gasteiger partial charge in [0.05, 0.1) is 5.56 Å². The molecule has 0 unspecified atom stereocenters. The first-order valence-electron chi connectivity index (χ1n) is 5.92. The second-order valence-electron chi connectivity index (χ2n) is 4.55. The summed E-state index contributed by atoms with van der Waals surface area (Å²) in [5.74, 6) is -3.69. The highest BCUT2D eigenvalue weighted by Crippen LogP contribution is 2.12. The molecule has 0 spiro atoms. The van der Waals surface area contributed by atoms with Crippen LogP contribution in [-0.4, -0.2) is 60.5 Å². The molecule has 20 heavy (non-hydrogen) atoms. The van der Waals surface area contributed by atoms with Crippen LogP contribution >= 0.6 is 0 Å². The Morgan fingerprint density at radius 3 is 2.40 bits per heavy atom. The van der Waals surface area contributed by atoms with Crippen LogP contribution in [0.4, 0.5) is 8.78 Å². The average Bonchev–Trinajstić information content (AvgIpc) is 2.36. The predicted molar refractivity (Wildman–Crippen MR) is 68.5 cm³/mol. The van der Waals surface area contributed by atoms with Gasteiger partial charge in [-0.1, -0.05) is 0 Å². The molecule has 0 aliphatic carbocycles. The quantitative estimate of drug-likeness (QED) is 0.849. The van der Waals surface area contributed by atoms with Crippen LogP contribution in [0.5, 0.6) is 0 Å². The molecule has 0 aromatic heterocycles. The van der Waals surface area contributed by atoms with E-state index in [1.165, 1.54) is 0 Å². The molecule has 110 valence electrons. The van der Waals surface area contributed by atoms with Crippen LogP contribution in [0.1, 0.15) is 10.4 Å². The summed E-state index contributed by atoms with van der Waals surface area (Å²) in [6, 6.07) is 2.50. The number of nitrogens with zero attached hydrogens (tertiary/aromatic N) is 2. The minimum absolute atomic E-state index is 0.105. The fraction of sp³-hybridized carbons (Fsp3) is 0.385. The zero-order chi connectivity index (χ0) is 15.3. The van der Waals surface area contributed by atoms with Crippen molar-refractivity contribution < 1.29 is 23.5 Å². The molecule has 1 aromatic carbocycles. The molecule has 0 bridgehead atoms. The van der Waals surface area contributed by atoms with E-state index in [2.05, 4.69) is 0 Å². The molecule has 7 heteroatoms. The molecule has 1 rings (SSSR count). The van der Waals surface area contributed by atoms with Crippen molar-refractivity contribution >= 4 is 11.9 Å². The maximum Gasteiger partial charge on any atom is 0.323 e. The third-order valence-corrected chi connectivity index (χ3v) is 2.59. The van der Waals surface area contributed by atoms with Gasteiger partial charge in [0.15, 0.2) is 0 Å². The van der Waals surface area contributed by atoms with Gasteiger partial charge in [0.1, 0.15) is 18.2 Å². The molecule has 0 radical (unpaired) electrons. The van der Waals surface area contributed by atoms with Crippen molar-refractivity contribution in [2.75, 3.05) is 33.7 Å². The Morgan fingerprint density at radius 2 is 1.85 bits per heavy atom. The van der Waals surface area contributed by atoms with E-state index in [0.717, 1.165) is 23.1 Å². The van der Waals surface area contributed by atoms with E-state index in [4.69, 9.17) is 5.11 Å². The van der Waals surface area contributed by atoms with E-state index in [0.29, 0.717) is 6.54 Å². The number of likely N-dealkylation sites (N-methyl/N-ethyl adjacent to an activating group) is 1. The van der Waals surface area contributed by atoms with Crippen LogP contribution in [-0.2, 0) is 4.79 Å². The first-order valence-corrected chi connectivity index (χ1v) is 5.92. The molecule has 0 aliphatic rings. The molecule has 5 nitrogen and oxygen atoms in total. The molecule has 0 fully saturated rings. The van der Waals surface area contributed by atoms with E-state index in [1.54, 1.807) is 19.0 Å². The summed E-state index contributed by atoms with van der Waals surface area (Å²) in [4.78, 5) is 25.6. The minimum atomic E-state index is -1.21. The lowest BCUT2D eigenvalue weighted by Gasteiger charge is -2.23. The molecular weight excluding hydrogens is 270 g/mol. The molecule has 0 heterocycles. The summed E-state index contributed by atoms with van der Waals surface area (Å²) in [7, 11) is 3.51. The van der Waals surface area contributed by atoms with Gasteiger partial charge < -0.3 is 14.9 Å². The Morgan fingerprint density at radius 1 is 1.20 bits per heavy atom. The van der Waals surface area contributed by atoms with E-state index >= 15 is 0 Å². The van der Waals surface area contributed by atoms with Gasteiger partial charge in [-0.25, -0.2) is 8.78 Å². The first-order chi connectivity index (χ1) is 9.31. The third-order valence-electron chi connectivity index (χ3n) is 2.59. The predicted octanol–water partition coefficient (Wildman–Crippen LogP) is 1.05. The molecular formula is C13H16F2N2O3. The zero-order valence-corrected chi connectivity index (χ0v) is 11.3. The summed E-state index contributed by atoms with van der Waals surface area (Å²) >= 11 is 0. The number of aliphatic carboxylic acids is 1. The number of hydrogen-bond donors (Lipinski definition) is 1. The van der Waals surface area contributed by atoms with Gasteiger partial charge in [-0.15, -0.1) is 0 Å². The van der Waals surface area contributed by atoms with Crippen molar-refractivity contribution in [1.29, 1.82) is 0 Å². The van der Waals surface area contributed by atoms with Gasteiger partial charge in [-0.3, -0.25) is 9.59 Å². The van der Waals surface area contributed by atoms with Crippen molar-refractivity contribution in [2.45, 2.75) is 0 Å². The number of carbonyl (C=O) groups is 2. The van der Waals surface area contributed by atoms with E-state index in [1.807, 2.05) is 0 Å². The maximum absolute atomic E-state index is 13.5. The fourth-order valence-corrected chi connectivity index (χ4v) is 1.57. The number of rotatable bonds is 6. The van der Waals surface area contributed by atoms with E-state index in [9.17, 15) is 18.4 Å². The lowest BCUT2D eigenvalue weighted by molar-refractivity contribution is -0.137. The molecule has 1 amide bonds. The number of benzene rings is 1. The number of halogens is 2. The van der Waals surface area contributed by atoms with Crippen LogP contribution in [0, 0.1) is 11.6 Å². The van der Waals surface area contributed by atoms with E-state index < -0.39 is 35.6 Å². The van der Waals surface area contributed by atoms with Crippen molar-refractivity contribution in [3.05, 3.63) is 35.4 Å². The van der Waals surface area contributed by atoms with Crippen LogP contribution in [0.2, 0.25) is 0 Å². The normalized spacial score (nSPS) is 10.7. The molecule has 0 aliphatic heterocycles. The highest BCUT2D eigenvalue weighted by molar-refractivity contribution is 5.96. The van der Waals surface area contributed by atoms with Crippen molar-refractivity contribution in [1.82, 2.24) is 9.80 Å². The summed E-state index contributed by atoms with van der Waals surface area (Å²) < 4.78 is 26.6. The largest absolute Gasteiger partial charge is 0.480 e. The Bertz CT molecular complexity index is 506. The Labute approximate surface area is 115 Å². The Hall–Kier alpha value is -2.02. The number of amides is 1. The van der Waals surface area contributed by atoms with Crippen molar-refractivity contribution in [2.24, 2.45) is 0 Å². The maximum atomic E-state index is 13.5. The van der Waals surface area contributed by atoms with Gasteiger partial charge in [0.25, 0.3) is 5.91 Å². The van der Waals surface area contributed by atoms with Crippen LogP contribution in [0.3, 0.4) is 0 Å². The van der Waals surface area contributed by atoms with Crippen LogP contribution < -0.4 is 0 Å². The number of hydrogen-bond acceptors (Lipinski definition) is 3. The minimum Gasteiger partial charge on any atom is -0.480 e. The Kier molecular flexibility index (Phi) is 5.57. The second kappa shape index (κ2) is 6.95. The lowest BCUT2D eigenvalue weighted by atomic mass is 10.1. The van der Waals surface area contributed by atoms with Crippen molar-refractivity contribution in [3.8, 4) is 0 Å². The zero-order valence-electron chi connectivity index (χ0n) is 11.3. The van der Waals surface area contributed by atoms with Crippen molar-refractivity contribution in [3.63, 3.8) is 0 Å². The highest BCUT2D eigenvalue weighted by atomic mass is 19.1. The molecule has 0 atom stereocenters. The van der Waals surface area contributed by atoms with Gasteiger partial charge in [0, 0.05) is 13.1 Å². The van der Waals surface area contributed by atoms with Gasteiger partial charge in [-0.05, 0) is 32.3 Å². The fourth-order valence-electron chi connectivity index (χ4n) is 1.57. The van der Waals surface area contributed by atoms with Gasteiger partial charge in [-0.2, -0.15) is 0 Å². The number of carboxylic acids is 1. The standard InChI is InChI=1S/C13H16F2N2O3/c1-16(2)5-6-17(8-12(18)19)13(20)10-7-9(14)3-4-11(10)15/h3-4,7H,5-6,8H2,1-2H3,(H,18,19). The summed E-state index contributed by atoms with van der Waals surface area (Å²) in [5.41, 5.74) is -0.468. The summed E-state index contributed by atoms with van der Waals surface area (Å²) in [6.45, 7) is -0.0489. The third kappa shape index (κ3) is 4.58. The average molecular weight is 286 g/mol. The second-order valence-corrected chi connectivity index (χ2v) is 4.55. The van der Waals surface area contributed by atoms with E-state index in [-0.39, 0.29) is 6.54 Å². The highest BCUT2D eigenvalue weighted by Gasteiger charge is 2.22. The molecule has 0 saturated heterocycles. The van der Waals surface area contributed by atoms with Crippen LogP contribution in [0.15, 0.2) is 18.2 Å². The molecule has 1 aromatic rings. The van der Waals surface area contributed by atoms with Gasteiger partial charge >= 0.3 is 5.97 Å². The molecule has 1 N–H and O–H groups in total. The smallest absolute Gasteiger partial charge is 0.323 e. The first kappa shape index (κ1) is 16.0.